The smallest absolute Gasteiger partial charge is 0.0362 e. The summed E-state index contributed by atoms with van der Waals surface area (Å²) in [6.45, 7) is 2.04. The third-order valence-corrected chi connectivity index (χ3v) is 6.59. The Labute approximate surface area is 106 Å². The van der Waals surface area contributed by atoms with E-state index in [-0.39, 0.29) is 0 Å². The molecule has 2 aliphatic rings. The van der Waals surface area contributed by atoms with Gasteiger partial charge in [0.15, 0.2) is 0 Å². The zero-order chi connectivity index (χ0) is 11.4. The average molecular weight is 261 g/mol. The maximum atomic E-state index is 11.8. The Hall–Kier alpha value is 0.460. The summed E-state index contributed by atoms with van der Waals surface area (Å²) in [5, 5.41) is 4.23. The largest absolute Gasteiger partial charge is 0.310 e. The second kappa shape index (κ2) is 6.41. The fraction of sp³-hybridized carbons (Fsp3) is 1.00. The van der Waals surface area contributed by atoms with Gasteiger partial charge < -0.3 is 5.32 Å². The van der Waals surface area contributed by atoms with Crippen LogP contribution in [-0.4, -0.2) is 38.8 Å². The van der Waals surface area contributed by atoms with Crippen molar-refractivity contribution < 1.29 is 4.21 Å². The second-order valence-electron chi connectivity index (χ2n) is 4.88. The first-order valence-electron chi connectivity index (χ1n) is 6.50. The molecule has 2 rings (SSSR count). The molecule has 0 spiro atoms. The predicted octanol–water partition coefficient (Wildman–Crippen LogP) is 2.16. The van der Waals surface area contributed by atoms with Gasteiger partial charge in [-0.25, -0.2) is 0 Å². The Morgan fingerprint density at radius 1 is 1.31 bits per heavy atom. The fourth-order valence-electron chi connectivity index (χ4n) is 2.77. The molecule has 0 aromatic carbocycles. The highest BCUT2D eigenvalue weighted by Gasteiger charge is 2.27. The molecule has 1 heterocycles. The first-order chi connectivity index (χ1) is 7.79. The van der Waals surface area contributed by atoms with E-state index in [4.69, 9.17) is 0 Å². The van der Waals surface area contributed by atoms with E-state index in [1.54, 1.807) is 0 Å². The molecular formula is C12H23NOS2. The van der Waals surface area contributed by atoms with Gasteiger partial charge in [0.05, 0.1) is 0 Å². The van der Waals surface area contributed by atoms with Crippen LogP contribution >= 0.6 is 11.8 Å². The standard InChI is InChI=1S/C12H23NOS2/c1-2-16(14)12-5-3-4-10(8-12)13-11-6-7-15-9-11/h10-13H,2-9H2,1H3. The minimum atomic E-state index is -0.582. The first kappa shape index (κ1) is 12.9. The molecule has 0 aromatic heterocycles. The summed E-state index contributed by atoms with van der Waals surface area (Å²) in [7, 11) is -0.582. The van der Waals surface area contributed by atoms with Gasteiger partial charge in [-0.2, -0.15) is 11.8 Å². The van der Waals surface area contributed by atoms with Gasteiger partial charge in [0.25, 0.3) is 0 Å². The Kier molecular flexibility index (Phi) is 5.17. The van der Waals surface area contributed by atoms with E-state index in [1.165, 1.54) is 37.2 Å². The Morgan fingerprint density at radius 3 is 2.88 bits per heavy atom. The molecule has 1 N–H and O–H groups in total. The van der Waals surface area contributed by atoms with Crippen LogP contribution < -0.4 is 5.32 Å². The Morgan fingerprint density at radius 2 is 2.19 bits per heavy atom. The lowest BCUT2D eigenvalue weighted by Gasteiger charge is -2.31. The number of nitrogens with one attached hydrogen (secondary N) is 1. The van der Waals surface area contributed by atoms with Gasteiger partial charge in [-0.15, -0.1) is 0 Å². The second-order valence-corrected chi connectivity index (χ2v) is 8.04. The van der Waals surface area contributed by atoms with Crippen molar-refractivity contribution in [1.82, 2.24) is 5.32 Å². The predicted molar refractivity (Wildman–Crippen MR) is 73.6 cm³/mol. The fourth-order valence-corrected chi connectivity index (χ4v) is 5.28. The zero-order valence-electron chi connectivity index (χ0n) is 10.1. The normalized spacial score (nSPS) is 37.4. The summed E-state index contributed by atoms with van der Waals surface area (Å²) in [5.41, 5.74) is 0. The molecule has 4 unspecified atom stereocenters. The van der Waals surface area contributed by atoms with Gasteiger partial charge in [0.2, 0.25) is 0 Å². The van der Waals surface area contributed by atoms with Crippen LogP contribution in [0.2, 0.25) is 0 Å². The van der Waals surface area contributed by atoms with E-state index in [0.29, 0.717) is 11.3 Å². The third-order valence-electron chi connectivity index (χ3n) is 3.68. The van der Waals surface area contributed by atoms with Crippen LogP contribution in [0.15, 0.2) is 0 Å². The van der Waals surface area contributed by atoms with Crippen molar-refractivity contribution in [3.63, 3.8) is 0 Å². The van der Waals surface area contributed by atoms with E-state index in [9.17, 15) is 4.21 Å². The van der Waals surface area contributed by atoms with E-state index in [0.717, 1.165) is 18.2 Å². The molecule has 2 nitrogen and oxygen atoms in total. The van der Waals surface area contributed by atoms with Crippen LogP contribution in [0.4, 0.5) is 0 Å². The van der Waals surface area contributed by atoms with Crippen LogP contribution in [0.1, 0.15) is 39.0 Å². The highest BCUT2D eigenvalue weighted by molar-refractivity contribution is 7.99. The maximum Gasteiger partial charge on any atom is 0.0362 e. The van der Waals surface area contributed by atoms with E-state index in [2.05, 4.69) is 17.1 Å². The number of rotatable bonds is 4. The number of hydrogen-bond donors (Lipinski definition) is 1. The summed E-state index contributed by atoms with van der Waals surface area (Å²) < 4.78 is 11.8. The molecule has 1 saturated heterocycles. The Bertz CT molecular complexity index is 241. The molecule has 0 amide bonds. The van der Waals surface area contributed by atoms with Gasteiger partial charge >= 0.3 is 0 Å². The summed E-state index contributed by atoms with van der Waals surface area (Å²) >= 11 is 2.06. The lowest BCUT2D eigenvalue weighted by Crippen LogP contribution is -2.43. The average Bonchev–Trinajstić information content (AvgIpc) is 2.81. The molecule has 4 heteroatoms. The van der Waals surface area contributed by atoms with Crippen molar-refractivity contribution in [2.75, 3.05) is 17.3 Å². The summed E-state index contributed by atoms with van der Waals surface area (Å²) in [6, 6.07) is 1.36. The summed E-state index contributed by atoms with van der Waals surface area (Å²) in [6.07, 6.45) is 6.19. The van der Waals surface area contributed by atoms with Gasteiger partial charge in [0, 0.05) is 39.6 Å². The number of hydrogen-bond acceptors (Lipinski definition) is 3. The summed E-state index contributed by atoms with van der Waals surface area (Å²) in [4.78, 5) is 0. The van der Waals surface area contributed by atoms with Crippen molar-refractivity contribution in [3.8, 4) is 0 Å². The topological polar surface area (TPSA) is 29.1 Å². The van der Waals surface area contributed by atoms with Crippen molar-refractivity contribution in [3.05, 3.63) is 0 Å². The highest BCUT2D eigenvalue weighted by Crippen LogP contribution is 2.25. The summed E-state index contributed by atoms with van der Waals surface area (Å²) in [5.74, 6) is 3.42. The molecule has 4 atom stereocenters. The first-order valence-corrected chi connectivity index (χ1v) is 9.04. The SMILES string of the molecule is CCS(=O)C1CCCC(NC2CCSC2)C1. The molecule has 0 aromatic rings. The lowest BCUT2D eigenvalue weighted by molar-refractivity contribution is 0.349. The number of thioether (sulfide) groups is 1. The van der Waals surface area contributed by atoms with Crippen LogP contribution in [-0.2, 0) is 10.8 Å². The van der Waals surface area contributed by atoms with Crippen LogP contribution in [0.3, 0.4) is 0 Å². The van der Waals surface area contributed by atoms with Crippen LogP contribution in [0.25, 0.3) is 0 Å². The lowest BCUT2D eigenvalue weighted by atomic mass is 9.94. The van der Waals surface area contributed by atoms with E-state index < -0.39 is 10.8 Å². The van der Waals surface area contributed by atoms with Crippen LogP contribution in [0, 0.1) is 0 Å². The Balaban J connectivity index is 1.79. The molecule has 1 saturated carbocycles. The van der Waals surface area contributed by atoms with Crippen molar-refractivity contribution >= 4 is 22.6 Å². The molecule has 1 aliphatic heterocycles. The minimum absolute atomic E-state index is 0.463. The molecule has 16 heavy (non-hydrogen) atoms. The molecule has 2 fully saturated rings. The van der Waals surface area contributed by atoms with Crippen molar-refractivity contribution in [2.24, 2.45) is 0 Å². The quantitative estimate of drug-likeness (QED) is 0.841. The van der Waals surface area contributed by atoms with Gasteiger partial charge in [0.1, 0.15) is 0 Å². The van der Waals surface area contributed by atoms with Crippen molar-refractivity contribution in [1.29, 1.82) is 0 Å². The van der Waals surface area contributed by atoms with Gasteiger partial charge in [-0.3, -0.25) is 4.21 Å². The molecule has 0 bridgehead atoms. The van der Waals surface area contributed by atoms with E-state index >= 15 is 0 Å². The molecular weight excluding hydrogens is 238 g/mol. The monoisotopic (exact) mass is 261 g/mol. The molecule has 1 aliphatic carbocycles. The highest BCUT2D eigenvalue weighted by atomic mass is 32.2. The minimum Gasteiger partial charge on any atom is -0.310 e. The molecule has 0 radical (unpaired) electrons. The third kappa shape index (κ3) is 3.47. The molecule has 94 valence electrons. The van der Waals surface area contributed by atoms with Crippen molar-refractivity contribution in [2.45, 2.75) is 56.4 Å². The van der Waals surface area contributed by atoms with Crippen LogP contribution in [0.5, 0.6) is 0 Å². The zero-order valence-corrected chi connectivity index (χ0v) is 11.7. The van der Waals surface area contributed by atoms with E-state index in [1.807, 2.05) is 6.92 Å². The van der Waals surface area contributed by atoms with Gasteiger partial charge in [-0.05, 0) is 31.4 Å². The van der Waals surface area contributed by atoms with Gasteiger partial charge in [-0.1, -0.05) is 13.3 Å². The maximum absolute atomic E-state index is 11.8.